The Morgan fingerprint density at radius 1 is 1.14 bits per heavy atom. The van der Waals surface area contributed by atoms with Crippen LogP contribution in [0.15, 0.2) is 16.7 Å². The minimum absolute atomic E-state index is 0.222. The van der Waals surface area contributed by atoms with Gasteiger partial charge in [-0.3, -0.25) is 0 Å². The van der Waals surface area contributed by atoms with Crippen molar-refractivity contribution < 1.29 is 29.6 Å². The lowest BCUT2D eigenvalue weighted by Gasteiger charge is -2.00. The van der Waals surface area contributed by atoms with Gasteiger partial charge in [-0.25, -0.2) is 0 Å². The van der Waals surface area contributed by atoms with E-state index in [0.717, 1.165) is 0 Å². The molecule has 1 aromatic heterocycles. The van der Waals surface area contributed by atoms with E-state index in [2.05, 4.69) is 9.15 Å². The first kappa shape index (κ1) is 10.8. The summed E-state index contributed by atoms with van der Waals surface area (Å²) >= 11 is 0. The Morgan fingerprint density at radius 3 is 1.86 bits per heavy atom. The number of aromatic hydroxyl groups is 2. The van der Waals surface area contributed by atoms with Crippen LogP contribution in [0.1, 0.15) is 0 Å². The van der Waals surface area contributed by atoms with Gasteiger partial charge in [0.1, 0.15) is 12.2 Å². The maximum atomic E-state index is 8.62. The largest absolute Gasteiger partial charge is 0.502 e. The number of furan rings is 1. The molecule has 2 atom stereocenters. The maximum Gasteiger partial charge on any atom is 0.325 e. The van der Waals surface area contributed by atoms with Crippen molar-refractivity contribution in [3.8, 4) is 11.7 Å². The van der Waals surface area contributed by atoms with Crippen LogP contribution >= 0.6 is 0 Å². The topological polar surface area (TPSA) is 103 Å². The third-order valence-corrected chi connectivity index (χ3v) is 1.65. The van der Waals surface area contributed by atoms with Gasteiger partial charge in [-0.2, -0.15) is 0 Å². The molecule has 1 aliphatic rings. The van der Waals surface area contributed by atoms with Gasteiger partial charge in [0.25, 0.3) is 0 Å². The van der Waals surface area contributed by atoms with Crippen molar-refractivity contribution in [1.29, 1.82) is 0 Å². The fourth-order valence-electron chi connectivity index (χ4n) is 0.826. The molecule has 4 N–H and O–H groups in total. The number of aliphatic hydroxyl groups excluding tert-OH is 2. The highest BCUT2D eigenvalue weighted by atomic mass is 16.5. The van der Waals surface area contributed by atoms with Gasteiger partial charge in [0, 0.05) is 6.07 Å². The first-order valence-corrected chi connectivity index (χ1v) is 4.00. The van der Waals surface area contributed by atoms with Crippen molar-refractivity contribution in [2.75, 3.05) is 13.2 Å². The Kier molecular flexibility index (Phi) is 3.75. The lowest BCUT2D eigenvalue weighted by Crippen LogP contribution is -2.22. The molecule has 6 nitrogen and oxygen atoms in total. The second kappa shape index (κ2) is 4.85. The molecule has 80 valence electrons. The Labute approximate surface area is 80.0 Å². The zero-order valence-corrected chi connectivity index (χ0v) is 7.33. The van der Waals surface area contributed by atoms with E-state index in [4.69, 9.17) is 20.4 Å². The van der Waals surface area contributed by atoms with Gasteiger partial charge in [0.05, 0.1) is 19.5 Å². The minimum Gasteiger partial charge on any atom is -0.502 e. The van der Waals surface area contributed by atoms with Crippen molar-refractivity contribution in [1.82, 2.24) is 0 Å². The van der Waals surface area contributed by atoms with Crippen molar-refractivity contribution >= 4 is 0 Å². The van der Waals surface area contributed by atoms with Crippen molar-refractivity contribution in [3.63, 3.8) is 0 Å². The Bertz CT molecular complexity index is 246. The van der Waals surface area contributed by atoms with E-state index in [1.54, 1.807) is 0 Å². The summed E-state index contributed by atoms with van der Waals surface area (Å²) < 4.78 is 8.94. The van der Waals surface area contributed by atoms with Crippen LogP contribution in [0.4, 0.5) is 0 Å². The summed E-state index contributed by atoms with van der Waals surface area (Å²) in [5.74, 6) is -0.653. The molecule has 14 heavy (non-hydrogen) atoms. The molecular weight excluding hydrogens is 192 g/mol. The number of rotatable bonds is 0. The van der Waals surface area contributed by atoms with Gasteiger partial charge < -0.3 is 29.6 Å². The SMILES string of the molecule is OC1COCC1O.Oc1ccoc1O. The molecule has 2 rings (SSSR count). The van der Waals surface area contributed by atoms with Crippen molar-refractivity contribution in [3.05, 3.63) is 12.3 Å². The van der Waals surface area contributed by atoms with Crippen LogP contribution in [-0.2, 0) is 4.74 Å². The van der Waals surface area contributed by atoms with Gasteiger partial charge in [-0.1, -0.05) is 0 Å². The highest BCUT2D eigenvalue weighted by molar-refractivity contribution is 5.26. The molecule has 6 heteroatoms. The van der Waals surface area contributed by atoms with E-state index in [0.29, 0.717) is 0 Å². The number of hydrogen-bond donors (Lipinski definition) is 4. The third kappa shape index (κ3) is 2.91. The van der Waals surface area contributed by atoms with Gasteiger partial charge in [0.2, 0.25) is 5.75 Å². The first-order valence-electron chi connectivity index (χ1n) is 4.00. The van der Waals surface area contributed by atoms with Crippen molar-refractivity contribution in [2.45, 2.75) is 12.2 Å². The molecule has 0 aliphatic carbocycles. The van der Waals surface area contributed by atoms with Gasteiger partial charge in [-0.15, -0.1) is 0 Å². The average molecular weight is 204 g/mol. The molecule has 1 saturated heterocycles. The summed E-state index contributed by atoms with van der Waals surface area (Å²) in [6, 6.07) is 1.26. The average Bonchev–Trinajstić information content (AvgIpc) is 2.67. The molecule has 0 radical (unpaired) electrons. The van der Waals surface area contributed by atoms with Crippen LogP contribution in [-0.4, -0.2) is 45.8 Å². The molecular formula is C8H12O6. The predicted octanol–water partition coefficient (Wildman–Crippen LogP) is -0.571. The summed E-state index contributed by atoms with van der Waals surface area (Å²) in [5.41, 5.74) is 0. The van der Waals surface area contributed by atoms with E-state index in [9.17, 15) is 0 Å². The lowest BCUT2D eigenvalue weighted by atomic mass is 10.3. The van der Waals surface area contributed by atoms with E-state index in [-0.39, 0.29) is 19.0 Å². The lowest BCUT2D eigenvalue weighted by molar-refractivity contribution is 0.0572. The molecule has 2 unspecified atom stereocenters. The quantitative estimate of drug-likeness (QED) is 0.451. The van der Waals surface area contributed by atoms with E-state index >= 15 is 0 Å². The zero-order chi connectivity index (χ0) is 10.6. The normalized spacial score (nSPS) is 25.6. The molecule has 1 aromatic rings. The van der Waals surface area contributed by atoms with Gasteiger partial charge in [0.15, 0.2) is 0 Å². The fourth-order valence-corrected chi connectivity index (χ4v) is 0.826. The highest BCUT2D eigenvalue weighted by Gasteiger charge is 2.22. The van der Waals surface area contributed by atoms with Crippen molar-refractivity contribution in [2.24, 2.45) is 0 Å². The molecule has 0 saturated carbocycles. The number of ether oxygens (including phenoxy) is 1. The Balaban J connectivity index is 0.000000140. The molecule has 1 aliphatic heterocycles. The standard InChI is InChI=1S/C4H8O3.C4H4O3/c5-3-1-7-2-4(3)6;5-3-1-2-7-4(3)6/h3-6H,1-2H2;1-2,5-6H. The van der Waals surface area contributed by atoms with Crippen LogP contribution < -0.4 is 0 Å². The molecule has 0 bridgehead atoms. The van der Waals surface area contributed by atoms with Crippen LogP contribution in [0, 0.1) is 0 Å². The summed E-state index contributed by atoms with van der Waals surface area (Å²) in [7, 11) is 0. The Morgan fingerprint density at radius 2 is 1.71 bits per heavy atom. The second-order valence-corrected chi connectivity index (χ2v) is 2.78. The molecule has 0 aromatic carbocycles. The van der Waals surface area contributed by atoms with Crippen LogP contribution in [0.3, 0.4) is 0 Å². The van der Waals surface area contributed by atoms with E-state index in [1.807, 2.05) is 0 Å². The van der Waals surface area contributed by atoms with Gasteiger partial charge in [-0.05, 0) is 0 Å². The van der Waals surface area contributed by atoms with Crippen LogP contribution in [0.5, 0.6) is 11.7 Å². The maximum absolute atomic E-state index is 8.62. The third-order valence-electron chi connectivity index (χ3n) is 1.65. The summed E-state index contributed by atoms with van der Waals surface area (Å²) in [6.07, 6.45) is -0.106. The van der Waals surface area contributed by atoms with E-state index in [1.165, 1.54) is 12.3 Å². The summed E-state index contributed by atoms with van der Waals surface area (Å²) in [6.45, 7) is 0.558. The van der Waals surface area contributed by atoms with E-state index < -0.39 is 18.2 Å². The molecule has 2 heterocycles. The monoisotopic (exact) mass is 204 g/mol. The smallest absolute Gasteiger partial charge is 0.325 e. The van der Waals surface area contributed by atoms with Crippen LogP contribution in [0.25, 0.3) is 0 Å². The minimum atomic E-state index is -0.653. The number of aliphatic hydroxyl groups is 2. The summed E-state index contributed by atoms with van der Waals surface area (Å²) in [4.78, 5) is 0. The zero-order valence-electron chi connectivity index (χ0n) is 7.33. The second-order valence-electron chi connectivity index (χ2n) is 2.78. The Hall–Kier alpha value is -1.24. The predicted molar refractivity (Wildman–Crippen MR) is 44.9 cm³/mol. The van der Waals surface area contributed by atoms with Crippen LogP contribution in [0.2, 0.25) is 0 Å². The first-order chi connectivity index (χ1) is 6.61. The fraction of sp³-hybridized carbons (Fsp3) is 0.500. The van der Waals surface area contributed by atoms with Gasteiger partial charge >= 0.3 is 5.95 Å². The highest BCUT2D eigenvalue weighted by Crippen LogP contribution is 2.23. The molecule has 0 amide bonds. The molecule has 0 spiro atoms. The summed E-state index contributed by atoms with van der Waals surface area (Å²) in [5, 5.41) is 34.0. The number of hydrogen-bond acceptors (Lipinski definition) is 6. The molecule has 1 fully saturated rings.